The normalized spacial score (nSPS) is 11.3. The molecular formula is C13H15F3N6O. The molecule has 0 bridgehead atoms. The molecule has 0 saturated carbocycles. The summed E-state index contributed by atoms with van der Waals surface area (Å²) in [4.78, 5) is 12.5. The zero-order chi connectivity index (χ0) is 17.0. The van der Waals surface area contributed by atoms with E-state index in [9.17, 15) is 18.0 Å². The van der Waals surface area contributed by atoms with Gasteiger partial charge in [0.05, 0.1) is 5.69 Å². The monoisotopic (exact) mass is 328 g/mol. The molecule has 1 N–H and O–H groups in total. The van der Waals surface area contributed by atoms with E-state index in [2.05, 4.69) is 20.8 Å². The number of hydrogen-bond donors (Lipinski definition) is 1. The number of aryl methyl sites for hydroxylation is 1. The first-order valence-corrected chi connectivity index (χ1v) is 6.78. The highest BCUT2D eigenvalue weighted by atomic mass is 19.4. The zero-order valence-electron chi connectivity index (χ0n) is 12.5. The SMILES string of the molecule is CCN(CC(F)(F)F)C(=O)Nc1ccc(-n2nnnc2C)cc1. The predicted octanol–water partition coefficient (Wildman–Crippen LogP) is 2.39. The van der Waals surface area contributed by atoms with Crippen LogP contribution in [0.5, 0.6) is 0 Å². The summed E-state index contributed by atoms with van der Waals surface area (Å²) in [6, 6.07) is 5.63. The number of amides is 2. The summed E-state index contributed by atoms with van der Waals surface area (Å²) in [5.41, 5.74) is 1.05. The van der Waals surface area contributed by atoms with Gasteiger partial charge in [0.2, 0.25) is 0 Å². The van der Waals surface area contributed by atoms with Crippen molar-refractivity contribution in [3.63, 3.8) is 0 Å². The number of anilines is 1. The van der Waals surface area contributed by atoms with E-state index in [-0.39, 0.29) is 6.54 Å². The molecule has 1 aromatic carbocycles. The topological polar surface area (TPSA) is 75.9 Å². The van der Waals surface area contributed by atoms with Crippen LogP contribution in [-0.2, 0) is 0 Å². The number of nitrogens with zero attached hydrogens (tertiary/aromatic N) is 5. The maximum absolute atomic E-state index is 12.4. The molecule has 23 heavy (non-hydrogen) atoms. The lowest BCUT2D eigenvalue weighted by atomic mass is 10.3. The lowest BCUT2D eigenvalue weighted by Gasteiger charge is -2.22. The van der Waals surface area contributed by atoms with Crippen molar-refractivity contribution in [2.45, 2.75) is 20.0 Å². The summed E-state index contributed by atoms with van der Waals surface area (Å²) >= 11 is 0. The van der Waals surface area contributed by atoms with Crippen LogP contribution in [0.25, 0.3) is 5.69 Å². The van der Waals surface area contributed by atoms with Gasteiger partial charge in [-0.25, -0.2) is 4.79 Å². The second kappa shape index (κ2) is 6.63. The largest absolute Gasteiger partial charge is 0.406 e. The van der Waals surface area contributed by atoms with E-state index in [0.717, 1.165) is 0 Å². The Morgan fingerprint density at radius 3 is 2.43 bits per heavy atom. The first kappa shape index (κ1) is 16.7. The number of nitrogens with one attached hydrogen (secondary N) is 1. The molecule has 0 atom stereocenters. The molecular weight excluding hydrogens is 313 g/mol. The molecule has 1 heterocycles. The summed E-state index contributed by atoms with van der Waals surface area (Å²) in [6.07, 6.45) is -4.44. The molecule has 0 radical (unpaired) electrons. The maximum atomic E-state index is 12.4. The number of halogens is 3. The Hall–Kier alpha value is -2.65. The Morgan fingerprint density at radius 1 is 1.30 bits per heavy atom. The molecule has 2 aromatic rings. The van der Waals surface area contributed by atoms with Crippen molar-refractivity contribution in [2.75, 3.05) is 18.4 Å². The Balaban J connectivity index is 2.05. The third-order valence-corrected chi connectivity index (χ3v) is 3.03. The molecule has 0 fully saturated rings. The minimum atomic E-state index is -4.44. The third kappa shape index (κ3) is 4.41. The fourth-order valence-corrected chi connectivity index (χ4v) is 1.90. The van der Waals surface area contributed by atoms with Gasteiger partial charge in [-0.1, -0.05) is 0 Å². The van der Waals surface area contributed by atoms with Crippen LogP contribution < -0.4 is 5.32 Å². The number of urea groups is 1. The number of alkyl halides is 3. The molecule has 0 aliphatic carbocycles. The van der Waals surface area contributed by atoms with Crippen molar-refractivity contribution in [2.24, 2.45) is 0 Å². The number of carbonyl (C=O) groups excluding carboxylic acids is 1. The highest BCUT2D eigenvalue weighted by Gasteiger charge is 2.32. The second-order valence-electron chi connectivity index (χ2n) is 4.74. The van der Waals surface area contributed by atoms with Crippen molar-refractivity contribution < 1.29 is 18.0 Å². The van der Waals surface area contributed by atoms with Gasteiger partial charge in [-0.05, 0) is 48.5 Å². The van der Waals surface area contributed by atoms with Crippen molar-refractivity contribution in [3.05, 3.63) is 30.1 Å². The number of tetrazole rings is 1. The number of benzene rings is 1. The average Bonchev–Trinajstić information content (AvgIpc) is 2.90. The van der Waals surface area contributed by atoms with Crippen LogP contribution in [0.2, 0.25) is 0 Å². The van der Waals surface area contributed by atoms with E-state index in [1.165, 1.54) is 11.6 Å². The molecule has 124 valence electrons. The van der Waals surface area contributed by atoms with Crippen LogP contribution in [0.4, 0.5) is 23.7 Å². The van der Waals surface area contributed by atoms with Gasteiger partial charge < -0.3 is 10.2 Å². The molecule has 0 unspecified atom stereocenters. The molecule has 2 amide bonds. The van der Waals surface area contributed by atoms with Gasteiger partial charge in [0.1, 0.15) is 6.54 Å². The number of hydrogen-bond acceptors (Lipinski definition) is 4. The second-order valence-corrected chi connectivity index (χ2v) is 4.74. The molecule has 7 nitrogen and oxygen atoms in total. The smallest absolute Gasteiger partial charge is 0.316 e. The quantitative estimate of drug-likeness (QED) is 0.935. The summed E-state index contributed by atoms with van der Waals surface area (Å²) in [7, 11) is 0. The van der Waals surface area contributed by atoms with E-state index < -0.39 is 18.8 Å². The molecule has 1 aromatic heterocycles. The van der Waals surface area contributed by atoms with E-state index >= 15 is 0 Å². The van der Waals surface area contributed by atoms with Gasteiger partial charge in [0, 0.05) is 12.2 Å². The number of carbonyl (C=O) groups is 1. The molecule has 0 aliphatic rings. The van der Waals surface area contributed by atoms with Crippen LogP contribution >= 0.6 is 0 Å². The minimum absolute atomic E-state index is 0.0484. The molecule has 0 aliphatic heterocycles. The van der Waals surface area contributed by atoms with Crippen molar-refractivity contribution >= 4 is 11.7 Å². The molecule has 10 heteroatoms. The van der Waals surface area contributed by atoms with Gasteiger partial charge in [-0.3, -0.25) is 0 Å². The molecule has 0 saturated heterocycles. The lowest BCUT2D eigenvalue weighted by molar-refractivity contribution is -0.139. The highest BCUT2D eigenvalue weighted by Crippen LogP contribution is 2.18. The Kier molecular flexibility index (Phi) is 4.82. The van der Waals surface area contributed by atoms with E-state index in [4.69, 9.17) is 0 Å². The fraction of sp³-hybridized carbons (Fsp3) is 0.385. The Labute approximate surface area is 130 Å². The summed E-state index contributed by atoms with van der Waals surface area (Å²) in [5.74, 6) is 0.587. The standard InChI is InChI=1S/C13H15F3N6O/c1-3-21(8-13(14,15)16)12(23)17-10-4-6-11(7-5-10)22-9(2)18-19-20-22/h4-7H,3,8H2,1-2H3,(H,17,23). The van der Waals surface area contributed by atoms with Crippen LogP contribution in [0, 0.1) is 6.92 Å². The zero-order valence-corrected chi connectivity index (χ0v) is 12.5. The van der Waals surface area contributed by atoms with Gasteiger partial charge in [0.25, 0.3) is 0 Å². The van der Waals surface area contributed by atoms with Crippen LogP contribution in [0.15, 0.2) is 24.3 Å². The van der Waals surface area contributed by atoms with Gasteiger partial charge in [0.15, 0.2) is 5.82 Å². The van der Waals surface area contributed by atoms with E-state index in [0.29, 0.717) is 22.1 Å². The van der Waals surface area contributed by atoms with Crippen LogP contribution in [0.1, 0.15) is 12.7 Å². The van der Waals surface area contributed by atoms with Gasteiger partial charge >= 0.3 is 12.2 Å². The van der Waals surface area contributed by atoms with E-state index in [1.807, 2.05) is 0 Å². The maximum Gasteiger partial charge on any atom is 0.406 e. The van der Waals surface area contributed by atoms with Gasteiger partial charge in [-0.15, -0.1) is 5.10 Å². The first-order chi connectivity index (χ1) is 10.8. The fourth-order valence-electron chi connectivity index (χ4n) is 1.90. The van der Waals surface area contributed by atoms with Gasteiger partial charge in [-0.2, -0.15) is 17.9 Å². The summed E-state index contributed by atoms with van der Waals surface area (Å²) < 4.78 is 38.7. The molecule has 0 spiro atoms. The first-order valence-electron chi connectivity index (χ1n) is 6.78. The molecule has 2 rings (SSSR count). The average molecular weight is 328 g/mol. The van der Waals surface area contributed by atoms with Crippen LogP contribution in [-0.4, -0.2) is 50.4 Å². The predicted molar refractivity (Wildman–Crippen MR) is 76.2 cm³/mol. The minimum Gasteiger partial charge on any atom is -0.316 e. The van der Waals surface area contributed by atoms with Crippen molar-refractivity contribution in [3.8, 4) is 5.69 Å². The Bertz CT molecular complexity index is 667. The summed E-state index contributed by atoms with van der Waals surface area (Å²) in [6.45, 7) is 1.87. The summed E-state index contributed by atoms with van der Waals surface area (Å²) in [5, 5.41) is 13.5. The van der Waals surface area contributed by atoms with Crippen molar-refractivity contribution in [1.29, 1.82) is 0 Å². The van der Waals surface area contributed by atoms with E-state index in [1.54, 1.807) is 31.2 Å². The van der Waals surface area contributed by atoms with Crippen LogP contribution in [0.3, 0.4) is 0 Å². The third-order valence-electron chi connectivity index (χ3n) is 3.03. The highest BCUT2D eigenvalue weighted by molar-refractivity contribution is 5.89. The van der Waals surface area contributed by atoms with Crippen molar-refractivity contribution in [1.82, 2.24) is 25.1 Å². The number of rotatable bonds is 4. The Morgan fingerprint density at radius 2 is 1.96 bits per heavy atom. The lowest BCUT2D eigenvalue weighted by Crippen LogP contribution is -2.41. The number of aromatic nitrogens is 4.